The van der Waals surface area contributed by atoms with Crippen molar-refractivity contribution in [1.82, 2.24) is 9.78 Å². The standard InChI is InChI=1S/C20H25N2O4PS/c1-4-20(5-2,27(23,24)25)19-13-17(18-7-6-12-28-18)22(21-19)14-15-8-10-16(26-3)11-9-15/h6-13H,4-5,14H2,1-3H3,(H2,23,24,25). The number of hydrogen-bond acceptors (Lipinski definition) is 4. The van der Waals surface area contributed by atoms with Crippen LogP contribution >= 0.6 is 18.9 Å². The first-order valence-corrected chi connectivity index (χ1v) is 11.6. The highest BCUT2D eigenvalue weighted by Crippen LogP contribution is 2.60. The van der Waals surface area contributed by atoms with Crippen molar-refractivity contribution < 1.29 is 19.1 Å². The van der Waals surface area contributed by atoms with E-state index in [1.165, 1.54) is 0 Å². The van der Waals surface area contributed by atoms with Crippen LogP contribution < -0.4 is 4.74 Å². The molecule has 0 spiro atoms. The number of ether oxygens (including phenoxy) is 1. The Balaban J connectivity index is 2.09. The normalized spacial score (nSPS) is 12.3. The second-order valence-corrected chi connectivity index (χ2v) is 9.57. The van der Waals surface area contributed by atoms with E-state index < -0.39 is 12.8 Å². The summed E-state index contributed by atoms with van der Waals surface area (Å²) in [4.78, 5) is 21.2. The Hall–Kier alpha value is -1.92. The summed E-state index contributed by atoms with van der Waals surface area (Å²) in [6, 6.07) is 13.5. The zero-order valence-electron chi connectivity index (χ0n) is 16.2. The second-order valence-electron chi connectivity index (χ2n) is 6.68. The Labute approximate surface area is 169 Å². The average Bonchev–Trinajstić information content (AvgIpc) is 3.33. The summed E-state index contributed by atoms with van der Waals surface area (Å²) in [7, 11) is -2.77. The number of methoxy groups -OCH3 is 1. The number of benzene rings is 1. The second kappa shape index (κ2) is 8.21. The third-order valence-corrected chi connectivity index (χ3v) is 8.12. The Kier molecular flexibility index (Phi) is 6.10. The lowest BCUT2D eigenvalue weighted by Gasteiger charge is -2.30. The highest BCUT2D eigenvalue weighted by molar-refractivity contribution is 7.53. The molecule has 28 heavy (non-hydrogen) atoms. The molecule has 0 amide bonds. The SMILES string of the molecule is CCC(CC)(c1cc(-c2cccs2)n(Cc2ccc(OC)cc2)n1)P(=O)(O)O. The summed E-state index contributed by atoms with van der Waals surface area (Å²) in [6.07, 6.45) is 0.633. The van der Waals surface area contributed by atoms with Crippen LogP contribution in [0.2, 0.25) is 0 Å². The molecule has 0 radical (unpaired) electrons. The predicted molar refractivity (Wildman–Crippen MR) is 112 cm³/mol. The molecule has 0 unspecified atom stereocenters. The minimum atomic E-state index is -4.39. The topological polar surface area (TPSA) is 84.6 Å². The van der Waals surface area contributed by atoms with Gasteiger partial charge in [-0.3, -0.25) is 9.25 Å². The molecular weight excluding hydrogens is 395 g/mol. The minimum absolute atomic E-state index is 0.317. The lowest BCUT2D eigenvalue weighted by molar-refractivity contribution is 0.311. The van der Waals surface area contributed by atoms with Gasteiger partial charge in [0.25, 0.3) is 0 Å². The smallest absolute Gasteiger partial charge is 0.337 e. The van der Waals surface area contributed by atoms with Gasteiger partial charge in [-0.1, -0.05) is 32.0 Å². The van der Waals surface area contributed by atoms with Crippen LogP contribution in [-0.2, 0) is 16.3 Å². The van der Waals surface area contributed by atoms with Gasteiger partial charge in [-0.25, -0.2) is 0 Å². The lowest BCUT2D eigenvalue weighted by atomic mass is 9.98. The van der Waals surface area contributed by atoms with Crippen LogP contribution in [0.1, 0.15) is 37.9 Å². The van der Waals surface area contributed by atoms with Gasteiger partial charge in [0.05, 0.1) is 29.9 Å². The number of rotatable bonds is 8. The summed E-state index contributed by atoms with van der Waals surface area (Å²) in [5, 5.41) is 5.39. The molecule has 1 aromatic carbocycles. The Morgan fingerprint density at radius 1 is 1.18 bits per heavy atom. The molecule has 2 N–H and O–H groups in total. The van der Waals surface area contributed by atoms with Crippen molar-refractivity contribution >= 4 is 18.9 Å². The van der Waals surface area contributed by atoms with E-state index in [9.17, 15) is 14.4 Å². The molecule has 0 atom stereocenters. The maximum Gasteiger partial charge on any atom is 0.337 e. The molecule has 0 aliphatic carbocycles. The van der Waals surface area contributed by atoms with Crippen LogP contribution in [0.5, 0.6) is 5.75 Å². The van der Waals surface area contributed by atoms with Crippen molar-refractivity contribution in [3.05, 3.63) is 59.1 Å². The van der Waals surface area contributed by atoms with E-state index in [0.29, 0.717) is 25.1 Å². The van der Waals surface area contributed by atoms with E-state index in [0.717, 1.165) is 21.9 Å². The van der Waals surface area contributed by atoms with E-state index in [2.05, 4.69) is 5.10 Å². The van der Waals surface area contributed by atoms with Gasteiger partial charge in [-0.15, -0.1) is 11.3 Å². The molecular formula is C20H25N2O4PS. The van der Waals surface area contributed by atoms with Crippen molar-refractivity contribution in [3.63, 3.8) is 0 Å². The number of thiophene rings is 1. The summed E-state index contributed by atoms with van der Waals surface area (Å²) < 4.78 is 19.4. The minimum Gasteiger partial charge on any atom is -0.497 e. The van der Waals surface area contributed by atoms with Crippen LogP contribution in [0.4, 0.5) is 0 Å². The van der Waals surface area contributed by atoms with Crippen LogP contribution in [0.3, 0.4) is 0 Å². The summed E-state index contributed by atoms with van der Waals surface area (Å²) in [5.41, 5.74) is 2.34. The Bertz CT molecular complexity index is 957. The zero-order chi connectivity index (χ0) is 20.4. The fraction of sp³-hybridized carbons (Fsp3) is 0.350. The maximum absolute atomic E-state index is 12.4. The van der Waals surface area contributed by atoms with Crippen molar-refractivity contribution in [2.45, 2.75) is 38.4 Å². The van der Waals surface area contributed by atoms with Crippen molar-refractivity contribution in [3.8, 4) is 16.3 Å². The van der Waals surface area contributed by atoms with E-state index in [-0.39, 0.29) is 0 Å². The lowest BCUT2D eigenvalue weighted by Crippen LogP contribution is -2.25. The monoisotopic (exact) mass is 420 g/mol. The Morgan fingerprint density at radius 2 is 1.86 bits per heavy atom. The zero-order valence-corrected chi connectivity index (χ0v) is 17.9. The molecule has 0 aliphatic heterocycles. The van der Waals surface area contributed by atoms with E-state index in [4.69, 9.17) is 4.74 Å². The molecule has 2 aromatic heterocycles. The van der Waals surface area contributed by atoms with Crippen molar-refractivity contribution in [2.24, 2.45) is 0 Å². The fourth-order valence-electron chi connectivity index (χ4n) is 3.46. The fourth-order valence-corrected chi connectivity index (χ4v) is 5.44. The summed E-state index contributed by atoms with van der Waals surface area (Å²) in [6.45, 7) is 4.10. The third-order valence-electron chi connectivity index (χ3n) is 5.25. The molecule has 3 aromatic rings. The summed E-state index contributed by atoms with van der Waals surface area (Å²) in [5.74, 6) is 0.779. The summed E-state index contributed by atoms with van der Waals surface area (Å²) >= 11 is 1.58. The molecule has 2 heterocycles. The third kappa shape index (κ3) is 3.80. The molecule has 150 valence electrons. The van der Waals surface area contributed by atoms with Gasteiger partial charge in [-0.2, -0.15) is 5.10 Å². The van der Waals surface area contributed by atoms with Gasteiger partial charge in [0, 0.05) is 0 Å². The average molecular weight is 420 g/mol. The van der Waals surface area contributed by atoms with E-state index >= 15 is 0 Å². The largest absolute Gasteiger partial charge is 0.497 e. The van der Waals surface area contributed by atoms with Crippen LogP contribution in [0, 0.1) is 0 Å². The van der Waals surface area contributed by atoms with Crippen molar-refractivity contribution in [2.75, 3.05) is 7.11 Å². The van der Waals surface area contributed by atoms with E-state index in [1.54, 1.807) is 32.3 Å². The van der Waals surface area contributed by atoms with Crippen LogP contribution in [0.15, 0.2) is 47.8 Å². The van der Waals surface area contributed by atoms with Gasteiger partial charge < -0.3 is 14.5 Å². The quantitative estimate of drug-likeness (QED) is 0.508. The number of aromatic nitrogens is 2. The van der Waals surface area contributed by atoms with Gasteiger partial charge >= 0.3 is 7.60 Å². The van der Waals surface area contributed by atoms with Gasteiger partial charge in [0.15, 0.2) is 0 Å². The molecule has 0 saturated carbocycles. The molecule has 0 saturated heterocycles. The maximum atomic E-state index is 12.4. The molecule has 6 nitrogen and oxygen atoms in total. The van der Waals surface area contributed by atoms with E-state index in [1.807, 2.05) is 52.5 Å². The first-order chi connectivity index (χ1) is 13.3. The predicted octanol–water partition coefficient (Wildman–Crippen LogP) is 4.86. The molecule has 0 bridgehead atoms. The molecule has 3 rings (SSSR count). The molecule has 0 fully saturated rings. The highest BCUT2D eigenvalue weighted by Gasteiger charge is 2.47. The van der Waals surface area contributed by atoms with Crippen LogP contribution in [0.25, 0.3) is 10.6 Å². The highest BCUT2D eigenvalue weighted by atomic mass is 32.1. The first-order valence-electron chi connectivity index (χ1n) is 9.15. The van der Waals surface area contributed by atoms with Gasteiger partial charge in [-0.05, 0) is 48.1 Å². The molecule has 8 heteroatoms. The van der Waals surface area contributed by atoms with Crippen LogP contribution in [-0.4, -0.2) is 26.7 Å². The van der Waals surface area contributed by atoms with Gasteiger partial charge in [0.2, 0.25) is 0 Å². The van der Waals surface area contributed by atoms with Gasteiger partial charge in [0.1, 0.15) is 10.9 Å². The number of nitrogens with zero attached hydrogens (tertiary/aromatic N) is 2. The number of hydrogen-bond donors (Lipinski definition) is 2. The molecule has 0 aliphatic rings. The van der Waals surface area contributed by atoms with Crippen molar-refractivity contribution in [1.29, 1.82) is 0 Å². The Morgan fingerprint density at radius 3 is 2.36 bits per heavy atom. The first kappa shape index (κ1) is 20.8.